The van der Waals surface area contributed by atoms with Crippen LogP contribution in [0.2, 0.25) is 0 Å². The summed E-state index contributed by atoms with van der Waals surface area (Å²) >= 11 is 3.59. The van der Waals surface area contributed by atoms with Crippen molar-refractivity contribution in [1.29, 1.82) is 0 Å². The van der Waals surface area contributed by atoms with Gasteiger partial charge in [-0.05, 0) is 46.5 Å². The smallest absolute Gasteiger partial charge is 0.136 e. The van der Waals surface area contributed by atoms with Gasteiger partial charge in [0.25, 0.3) is 0 Å². The minimum atomic E-state index is 0.415. The molecule has 0 amide bonds. The molecule has 0 radical (unpaired) electrons. The first-order valence-corrected chi connectivity index (χ1v) is 8.67. The van der Waals surface area contributed by atoms with E-state index < -0.39 is 0 Å². The minimum absolute atomic E-state index is 0.415. The van der Waals surface area contributed by atoms with Crippen molar-refractivity contribution in [3.05, 3.63) is 64.1 Å². The first kappa shape index (κ1) is 16.1. The van der Waals surface area contributed by atoms with Gasteiger partial charge >= 0.3 is 0 Å². The summed E-state index contributed by atoms with van der Waals surface area (Å²) in [5, 5.41) is 0. The molecule has 0 atom stereocenters. The lowest BCUT2D eigenvalue weighted by Crippen LogP contribution is -2.13. The van der Waals surface area contributed by atoms with Gasteiger partial charge < -0.3 is 9.47 Å². The molecule has 1 aliphatic heterocycles. The molecule has 1 heterocycles. The highest BCUT2D eigenvalue weighted by molar-refractivity contribution is 9.10. The predicted octanol–water partition coefficient (Wildman–Crippen LogP) is 4.81. The molecule has 2 aromatic carbocycles. The maximum Gasteiger partial charge on any atom is 0.136 e. The Morgan fingerprint density at radius 3 is 2.61 bits per heavy atom. The van der Waals surface area contributed by atoms with E-state index in [4.69, 9.17) is 9.47 Å². The second-order valence-electron chi connectivity index (χ2n) is 5.54. The Morgan fingerprint density at radius 1 is 1.04 bits per heavy atom. The number of benzene rings is 2. The second kappa shape index (κ2) is 8.19. The predicted molar refractivity (Wildman–Crippen MR) is 95.3 cm³/mol. The van der Waals surface area contributed by atoms with E-state index in [2.05, 4.69) is 39.9 Å². The third-order valence-electron chi connectivity index (χ3n) is 3.84. The highest BCUT2D eigenvalue weighted by Gasteiger charge is 2.11. The van der Waals surface area contributed by atoms with Crippen molar-refractivity contribution in [2.75, 3.05) is 13.2 Å². The van der Waals surface area contributed by atoms with Crippen molar-refractivity contribution < 1.29 is 9.47 Å². The average molecular weight is 371 g/mol. The standard InChI is InChI=1S/C20H19BrO2/c21-19-7-4-8-20(23-15-17-5-2-1-3-6-17)18(19)10-9-16-11-13-22-14-12-16/h1-8,16H,11-15H2. The van der Waals surface area contributed by atoms with Crippen LogP contribution in [0.5, 0.6) is 5.75 Å². The van der Waals surface area contributed by atoms with Crippen LogP contribution < -0.4 is 4.74 Å². The summed E-state index contributed by atoms with van der Waals surface area (Å²) in [5.41, 5.74) is 2.07. The van der Waals surface area contributed by atoms with Crippen LogP contribution in [0.3, 0.4) is 0 Å². The molecular formula is C20H19BrO2. The van der Waals surface area contributed by atoms with Crippen molar-refractivity contribution in [1.82, 2.24) is 0 Å². The van der Waals surface area contributed by atoms with Crippen molar-refractivity contribution in [2.45, 2.75) is 19.4 Å². The van der Waals surface area contributed by atoms with Gasteiger partial charge in [0.05, 0.1) is 5.56 Å². The van der Waals surface area contributed by atoms with Crippen LogP contribution in [0.15, 0.2) is 53.0 Å². The van der Waals surface area contributed by atoms with Crippen LogP contribution in [0, 0.1) is 17.8 Å². The quantitative estimate of drug-likeness (QED) is 0.722. The van der Waals surface area contributed by atoms with Gasteiger partial charge in [0.2, 0.25) is 0 Å². The molecule has 2 nitrogen and oxygen atoms in total. The molecule has 3 heteroatoms. The fourth-order valence-corrected chi connectivity index (χ4v) is 2.94. The van der Waals surface area contributed by atoms with Gasteiger partial charge in [-0.3, -0.25) is 0 Å². The van der Waals surface area contributed by atoms with Gasteiger partial charge in [-0.1, -0.05) is 48.2 Å². The monoisotopic (exact) mass is 370 g/mol. The zero-order chi connectivity index (χ0) is 15.9. The van der Waals surface area contributed by atoms with Gasteiger partial charge in [0.15, 0.2) is 0 Å². The number of hydrogen-bond donors (Lipinski definition) is 0. The molecule has 0 aliphatic carbocycles. The van der Waals surface area contributed by atoms with Gasteiger partial charge in [-0.2, -0.15) is 0 Å². The molecule has 0 N–H and O–H groups in total. The van der Waals surface area contributed by atoms with E-state index in [0.717, 1.165) is 47.4 Å². The first-order valence-electron chi connectivity index (χ1n) is 7.87. The maximum absolute atomic E-state index is 5.99. The van der Waals surface area contributed by atoms with Crippen LogP contribution in [-0.2, 0) is 11.3 Å². The molecule has 0 aromatic heterocycles. The summed E-state index contributed by atoms with van der Waals surface area (Å²) in [4.78, 5) is 0. The third-order valence-corrected chi connectivity index (χ3v) is 4.50. The van der Waals surface area contributed by atoms with Crippen LogP contribution in [0.25, 0.3) is 0 Å². The Hall–Kier alpha value is -1.76. The summed E-state index contributed by atoms with van der Waals surface area (Å²) in [7, 11) is 0. The summed E-state index contributed by atoms with van der Waals surface area (Å²) in [5.74, 6) is 7.92. The third kappa shape index (κ3) is 4.60. The summed E-state index contributed by atoms with van der Waals surface area (Å²) in [6.45, 7) is 2.17. The molecule has 0 saturated carbocycles. The molecule has 2 aromatic rings. The van der Waals surface area contributed by atoms with E-state index in [1.807, 2.05) is 36.4 Å². The lowest BCUT2D eigenvalue weighted by atomic mass is 10.0. The van der Waals surface area contributed by atoms with Crippen LogP contribution in [-0.4, -0.2) is 13.2 Å². The van der Waals surface area contributed by atoms with E-state index in [1.165, 1.54) is 0 Å². The maximum atomic E-state index is 5.99. The van der Waals surface area contributed by atoms with Gasteiger partial charge in [-0.15, -0.1) is 0 Å². The normalized spacial score (nSPS) is 14.8. The molecule has 1 saturated heterocycles. The van der Waals surface area contributed by atoms with E-state index in [-0.39, 0.29) is 0 Å². The summed E-state index contributed by atoms with van der Waals surface area (Å²) in [6, 6.07) is 16.1. The fourth-order valence-electron chi connectivity index (χ4n) is 2.50. The number of ether oxygens (including phenoxy) is 2. The van der Waals surface area contributed by atoms with E-state index in [0.29, 0.717) is 12.5 Å². The molecule has 1 aliphatic rings. The molecule has 0 bridgehead atoms. The van der Waals surface area contributed by atoms with Gasteiger partial charge in [0.1, 0.15) is 12.4 Å². The van der Waals surface area contributed by atoms with E-state index in [1.54, 1.807) is 0 Å². The van der Waals surface area contributed by atoms with Crippen LogP contribution in [0.1, 0.15) is 24.0 Å². The van der Waals surface area contributed by atoms with Crippen molar-refractivity contribution in [3.8, 4) is 17.6 Å². The molecule has 23 heavy (non-hydrogen) atoms. The van der Waals surface area contributed by atoms with Crippen LogP contribution >= 0.6 is 15.9 Å². The number of halogens is 1. The lowest BCUT2D eigenvalue weighted by molar-refractivity contribution is 0.0807. The second-order valence-corrected chi connectivity index (χ2v) is 6.40. The number of hydrogen-bond acceptors (Lipinski definition) is 2. The molecule has 1 fully saturated rings. The largest absolute Gasteiger partial charge is 0.488 e. The molecule has 0 spiro atoms. The summed E-state index contributed by atoms with van der Waals surface area (Å²) in [6.07, 6.45) is 2.02. The van der Waals surface area contributed by atoms with E-state index >= 15 is 0 Å². The highest BCUT2D eigenvalue weighted by Crippen LogP contribution is 2.27. The van der Waals surface area contributed by atoms with Gasteiger partial charge in [-0.25, -0.2) is 0 Å². The minimum Gasteiger partial charge on any atom is -0.488 e. The Balaban J connectivity index is 1.75. The SMILES string of the molecule is Brc1cccc(OCc2ccccc2)c1C#CC1CCOCC1. The van der Waals surface area contributed by atoms with E-state index in [9.17, 15) is 0 Å². The van der Waals surface area contributed by atoms with Crippen molar-refractivity contribution in [2.24, 2.45) is 5.92 Å². The van der Waals surface area contributed by atoms with Crippen molar-refractivity contribution in [3.63, 3.8) is 0 Å². The Kier molecular flexibility index (Phi) is 5.74. The summed E-state index contributed by atoms with van der Waals surface area (Å²) < 4.78 is 12.3. The molecule has 3 rings (SSSR count). The van der Waals surface area contributed by atoms with Crippen LogP contribution in [0.4, 0.5) is 0 Å². The highest BCUT2D eigenvalue weighted by atomic mass is 79.9. The topological polar surface area (TPSA) is 18.5 Å². The zero-order valence-corrected chi connectivity index (χ0v) is 14.5. The zero-order valence-electron chi connectivity index (χ0n) is 12.9. The molecular weight excluding hydrogens is 352 g/mol. The van der Waals surface area contributed by atoms with Gasteiger partial charge in [0, 0.05) is 23.6 Å². The fraction of sp³-hybridized carbons (Fsp3) is 0.300. The van der Waals surface area contributed by atoms with Crippen molar-refractivity contribution >= 4 is 15.9 Å². The molecule has 118 valence electrons. The lowest BCUT2D eigenvalue weighted by Gasteiger charge is -2.16. The first-order chi connectivity index (χ1) is 11.3. The Labute approximate surface area is 145 Å². The molecule has 0 unspecified atom stereocenters. The average Bonchev–Trinajstić information content (AvgIpc) is 2.61. The Bertz CT molecular complexity index is 695. The Morgan fingerprint density at radius 2 is 1.83 bits per heavy atom. The number of rotatable bonds is 3.